The summed E-state index contributed by atoms with van der Waals surface area (Å²) in [6.45, 7) is 29.3. The number of fused-ring (bicyclic) bond motifs is 2. The van der Waals surface area contributed by atoms with Gasteiger partial charge in [0.25, 0.3) is 0 Å². The second-order valence-corrected chi connectivity index (χ2v) is 18.2. The second kappa shape index (κ2) is 16.8. The summed E-state index contributed by atoms with van der Waals surface area (Å²) in [7, 11) is -1.98. The van der Waals surface area contributed by atoms with Crippen LogP contribution >= 0.6 is 8.60 Å². The predicted octanol–water partition coefficient (Wildman–Crippen LogP) is 16.5. The topological polar surface area (TPSA) is 27.7 Å². The van der Waals surface area contributed by atoms with Gasteiger partial charge in [-0.25, -0.2) is 0 Å². The fraction of sp³-hybridized carbons (Fsp3) is 0.373. The average molecular weight is 753 g/mol. The first-order valence-corrected chi connectivity index (χ1v) is 21.4. The Bertz CT molecular complexity index is 2160. The van der Waals surface area contributed by atoms with Crippen molar-refractivity contribution < 1.29 is 13.6 Å². The molecule has 0 atom stereocenters. The minimum Gasteiger partial charge on any atom is -0.408 e. The SMILES string of the molecule is Cc1ccc(-c2ccccc2OP(Oc2cc3c(C(C)C)cc(C(C)C)cc3cc2C(C)C)Oc2cc3c(C(C)C)cc(C(C)C)cc3cc2C(C)C)cc1. The second-order valence-electron chi connectivity index (χ2n) is 17.2. The molecular weight excluding hydrogens is 692 g/mol. The summed E-state index contributed by atoms with van der Waals surface area (Å²) in [5, 5.41) is 4.93. The van der Waals surface area contributed by atoms with Crippen LogP contribution in [0, 0.1) is 6.92 Å². The Morgan fingerprint density at radius 2 is 0.818 bits per heavy atom. The van der Waals surface area contributed by atoms with Crippen molar-refractivity contribution in [3.8, 4) is 28.4 Å². The van der Waals surface area contributed by atoms with Crippen LogP contribution in [0.5, 0.6) is 17.2 Å². The summed E-state index contributed by atoms with van der Waals surface area (Å²) in [4.78, 5) is 0. The van der Waals surface area contributed by atoms with Gasteiger partial charge in [0, 0.05) is 5.56 Å². The van der Waals surface area contributed by atoms with Crippen molar-refractivity contribution in [2.24, 2.45) is 0 Å². The van der Waals surface area contributed by atoms with Crippen LogP contribution in [0.1, 0.15) is 158 Å². The van der Waals surface area contributed by atoms with Crippen LogP contribution in [0.2, 0.25) is 0 Å². The van der Waals surface area contributed by atoms with Gasteiger partial charge in [0.05, 0.1) is 0 Å². The van der Waals surface area contributed by atoms with Gasteiger partial charge in [0.1, 0.15) is 17.2 Å². The molecule has 0 aliphatic carbocycles. The highest BCUT2D eigenvalue weighted by Crippen LogP contribution is 2.50. The molecule has 0 aliphatic heterocycles. The van der Waals surface area contributed by atoms with Crippen molar-refractivity contribution in [1.82, 2.24) is 0 Å². The number of benzene rings is 6. The monoisotopic (exact) mass is 752 g/mol. The van der Waals surface area contributed by atoms with E-state index >= 15 is 0 Å². The van der Waals surface area contributed by atoms with Crippen molar-refractivity contribution in [3.63, 3.8) is 0 Å². The zero-order valence-corrected chi connectivity index (χ0v) is 36.3. The Labute approximate surface area is 332 Å². The molecule has 0 heterocycles. The Morgan fingerprint density at radius 1 is 0.400 bits per heavy atom. The fourth-order valence-corrected chi connectivity index (χ4v) is 8.49. The number of para-hydroxylation sites is 1. The average Bonchev–Trinajstić information content (AvgIpc) is 3.13. The van der Waals surface area contributed by atoms with E-state index in [0.29, 0.717) is 23.7 Å². The maximum Gasteiger partial charge on any atom is 0.530 e. The third-order valence-corrected chi connectivity index (χ3v) is 11.9. The lowest BCUT2D eigenvalue weighted by Gasteiger charge is -2.25. The van der Waals surface area contributed by atoms with E-state index < -0.39 is 8.60 Å². The number of hydrogen-bond acceptors (Lipinski definition) is 3. The van der Waals surface area contributed by atoms with Gasteiger partial charge < -0.3 is 13.6 Å². The van der Waals surface area contributed by atoms with Crippen LogP contribution in [0.15, 0.2) is 97.1 Å². The lowest BCUT2D eigenvalue weighted by atomic mass is 9.88. The van der Waals surface area contributed by atoms with E-state index in [1.54, 1.807) is 0 Å². The molecule has 0 aliphatic rings. The molecule has 0 spiro atoms. The molecule has 0 radical (unpaired) electrons. The zero-order chi connectivity index (χ0) is 39.7. The van der Waals surface area contributed by atoms with Gasteiger partial charge >= 0.3 is 8.60 Å². The molecule has 0 aromatic heterocycles. The quantitative estimate of drug-likeness (QED) is 0.110. The van der Waals surface area contributed by atoms with Gasteiger partial charge in [-0.15, -0.1) is 0 Å². The van der Waals surface area contributed by atoms with E-state index in [1.807, 2.05) is 12.1 Å². The van der Waals surface area contributed by atoms with Crippen LogP contribution in [0.4, 0.5) is 0 Å². The maximum absolute atomic E-state index is 7.14. The molecule has 3 nitrogen and oxygen atoms in total. The standard InChI is InChI=1S/C51H61O3P/c1-30(2)38-22-40-26-45(34(9)10)50(28-47(40)43(24-38)32(5)6)53-55(52-49-17-15-14-16-42(49)37-20-18-36(13)19-21-37)54-51-29-48-41(27-46(51)35(11)12)23-39(31(3)4)25-44(48)33(7)8/h14-35H,1-13H3. The molecule has 0 unspecified atom stereocenters. The molecule has 0 saturated carbocycles. The first-order valence-electron chi connectivity index (χ1n) is 20.3. The van der Waals surface area contributed by atoms with Crippen molar-refractivity contribution in [3.05, 3.63) is 136 Å². The number of aryl methyl sites for hydroxylation is 1. The minimum absolute atomic E-state index is 0.219. The van der Waals surface area contributed by atoms with E-state index in [2.05, 4.69) is 175 Å². The summed E-state index contributed by atoms with van der Waals surface area (Å²) in [6.07, 6.45) is 0. The van der Waals surface area contributed by atoms with Crippen LogP contribution in [0.25, 0.3) is 32.7 Å². The van der Waals surface area contributed by atoms with Crippen molar-refractivity contribution in [2.75, 3.05) is 0 Å². The first-order chi connectivity index (χ1) is 26.1. The molecule has 6 rings (SSSR count). The van der Waals surface area contributed by atoms with Crippen LogP contribution in [0.3, 0.4) is 0 Å². The molecule has 0 N–H and O–H groups in total. The third-order valence-electron chi connectivity index (χ3n) is 10.9. The highest BCUT2D eigenvalue weighted by molar-refractivity contribution is 7.43. The molecule has 4 heteroatoms. The summed E-state index contributed by atoms with van der Waals surface area (Å²) >= 11 is 0. The van der Waals surface area contributed by atoms with Crippen molar-refractivity contribution in [1.29, 1.82) is 0 Å². The van der Waals surface area contributed by atoms with Crippen LogP contribution < -0.4 is 13.6 Å². The minimum atomic E-state index is -1.98. The van der Waals surface area contributed by atoms with E-state index in [0.717, 1.165) is 39.5 Å². The molecule has 0 amide bonds. The molecule has 6 aromatic rings. The highest BCUT2D eigenvalue weighted by Gasteiger charge is 2.27. The van der Waals surface area contributed by atoms with Gasteiger partial charge in [-0.2, -0.15) is 0 Å². The first kappa shape index (κ1) is 40.3. The summed E-state index contributed by atoms with van der Waals surface area (Å²) < 4.78 is 21.3. The Hall–Kier alpha value is -4.33. The summed E-state index contributed by atoms with van der Waals surface area (Å²) in [6, 6.07) is 35.4. The summed E-state index contributed by atoms with van der Waals surface area (Å²) in [5.74, 6) is 4.36. The van der Waals surface area contributed by atoms with Gasteiger partial charge in [0.2, 0.25) is 0 Å². The van der Waals surface area contributed by atoms with Gasteiger partial charge in [0.15, 0.2) is 0 Å². The third kappa shape index (κ3) is 8.89. The molecule has 0 fully saturated rings. The van der Waals surface area contributed by atoms with Gasteiger partial charge in [-0.3, -0.25) is 0 Å². The van der Waals surface area contributed by atoms with Crippen LogP contribution in [-0.4, -0.2) is 0 Å². The number of rotatable bonds is 13. The lowest BCUT2D eigenvalue weighted by molar-refractivity contribution is 0.384. The van der Waals surface area contributed by atoms with Crippen molar-refractivity contribution >= 4 is 30.1 Å². The van der Waals surface area contributed by atoms with Crippen molar-refractivity contribution in [2.45, 2.75) is 126 Å². The smallest absolute Gasteiger partial charge is 0.408 e. The van der Waals surface area contributed by atoms with Gasteiger partial charge in [-0.05, 0) is 133 Å². The molecule has 0 bridgehead atoms. The Morgan fingerprint density at radius 3 is 1.24 bits per heavy atom. The fourth-order valence-electron chi connectivity index (χ4n) is 7.42. The molecule has 6 aromatic carbocycles. The predicted molar refractivity (Wildman–Crippen MR) is 238 cm³/mol. The molecule has 0 saturated heterocycles. The van der Waals surface area contributed by atoms with E-state index in [4.69, 9.17) is 13.6 Å². The molecule has 288 valence electrons. The zero-order valence-electron chi connectivity index (χ0n) is 35.4. The molecular formula is C51H61O3P. The van der Waals surface area contributed by atoms with Gasteiger partial charge in [-0.1, -0.05) is 155 Å². The highest BCUT2D eigenvalue weighted by atomic mass is 31.2. The molecule has 55 heavy (non-hydrogen) atoms. The maximum atomic E-state index is 7.14. The Kier molecular flexibility index (Phi) is 12.3. The lowest BCUT2D eigenvalue weighted by Crippen LogP contribution is -2.07. The Balaban J connectivity index is 1.54. The summed E-state index contributed by atoms with van der Waals surface area (Å²) in [5.41, 5.74) is 11.0. The van der Waals surface area contributed by atoms with E-state index in [1.165, 1.54) is 49.4 Å². The van der Waals surface area contributed by atoms with E-state index in [-0.39, 0.29) is 11.8 Å². The number of hydrogen-bond donors (Lipinski definition) is 0. The largest absolute Gasteiger partial charge is 0.530 e. The van der Waals surface area contributed by atoms with E-state index in [9.17, 15) is 0 Å². The van der Waals surface area contributed by atoms with Crippen LogP contribution in [-0.2, 0) is 0 Å². The normalized spacial score (nSPS) is 12.1.